The lowest BCUT2D eigenvalue weighted by Gasteiger charge is -2.11. The van der Waals surface area contributed by atoms with Gasteiger partial charge in [-0.3, -0.25) is 0 Å². The molecule has 0 unspecified atom stereocenters. The van der Waals surface area contributed by atoms with Crippen molar-refractivity contribution in [2.75, 3.05) is 7.11 Å². The van der Waals surface area contributed by atoms with Crippen LogP contribution >= 0.6 is 0 Å². The normalized spacial score (nSPS) is 10.6. The van der Waals surface area contributed by atoms with Crippen molar-refractivity contribution < 1.29 is 22.6 Å². The minimum Gasteiger partial charge on any atom is -0.478 e. The topological polar surface area (TPSA) is 55.1 Å². The molecule has 0 aliphatic heterocycles. The predicted molar refractivity (Wildman–Crippen MR) is 42.2 cm³/mol. The van der Waals surface area contributed by atoms with Gasteiger partial charge in [-0.05, 0) is 12.1 Å². The molecule has 7 heteroatoms. The highest BCUT2D eigenvalue weighted by molar-refractivity contribution is 5.38. The summed E-state index contributed by atoms with van der Waals surface area (Å²) in [4.78, 5) is 3.49. The Morgan fingerprint density at radius 3 is 2.53 bits per heavy atom. The van der Waals surface area contributed by atoms with Crippen molar-refractivity contribution >= 4 is 0 Å². The second-order valence-electron chi connectivity index (χ2n) is 2.36. The predicted octanol–water partition coefficient (Wildman–Crippen LogP) is 1.86. The highest BCUT2D eigenvalue weighted by Gasteiger charge is 2.32. The fourth-order valence-electron chi connectivity index (χ4n) is 0.839. The number of alkyl halides is 3. The van der Waals surface area contributed by atoms with E-state index >= 15 is 0 Å². The van der Waals surface area contributed by atoms with Gasteiger partial charge in [-0.2, -0.15) is 10.2 Å². The zero-order chi connectivity index (χ0) is 11.5. The first kappa shape index (κ1) is 11.1. The lowest BCUT2D eigenvalue weighted by Crippen LogP contribution is -2.18. The van der Waals surface area contributed by atoms with Gasteiger partial charge in [0.15, 0.2) is 5.75 Å². The third-order valence-electron chi connectivity index (χ3n) is 1.36. The first-order valence-corrected chi connectivity index (χ1v) is 3.67. The van der Waals surface area contributed by atoms with Crippen LogP contribution in [-0.4, -0.2) is 18.5 Å². The van der Waals surface area contributed by atoms with Gasteiger partial charge in [0, 0.05) is 0 Å². The number of halogens is 3. The summed E-state index contributed by atoms with van der Waals surface area (Å²) in [5.41, 5.74) is -0.0543. The lowest BCUT2D eigenvalue weighted by atomic mass is 10.3. The smallest absolute Gasteiger partial charge is 0.478 e. The third kappa shape index (κ3) is 3.02. The van der Waals surface area contributed by atoms with Gasteiger partial charge in [-0.25, -0.2) is 0 Å². The molecule has 0 saturated heterocycles. The van der Waals surface area contributed by atoms with E-state index in [9.17, 15) is 13.2 Å². The molecule has 0 spiro atoms. The van der Waals surface area contributed by atoms with Crippen LogP contribution in [0.4, 0.5) is 13.2 Å². The second kappa shape index (κ2) is 4.04. The Labute approximate surface area is 82.9 Å². The maximum Gasteiger partial charge on any atom is 0.573 e. The van der Waals surface area contributed by atoms with Crippen LogP contribution in [0.2, 0.25) is 0 Å². The molecule has 0 atom stereocenters. The fourth-order valence-corrected chi connectivity index (χ4v) is 0.839. The Morgan fingerprint density at radius 1 is 1.40 bits per heavy atom. The van der Waals surface area contributed by atoms with Gasteiger partial charge in [-0.15, -0.1) is 13.2 Å². The zero-order valence-electron chi connectivity index (χ0n) is 7.50. The highest BCUT2D eigenvalue weighted by atomic mass is 19.4. The molecule has 0 saturated carbocycles. The van der Waals surface area contributed by atoms with Crippen LogP contribution in [0.5, 0.6) is 11.6 Å². The van der Waals surface area contributed by atoms with Gasteiger partial charge in [0.05, 0.1) is 7.11 Å². The van der Waals surface area contributed by atoms with Gasteiger partial charge < -0.3 is 9.47 Å². The fraction of sp³-hybridized carbons (Fsp3) is 0.250. The summed E-state index contributed by atoms with van der Waals surface area (Å²) in [6, 6.07) is 3.73. The van der Waals surface area contributed by atoms with Crippen molar-refractivity contribution in [1.82, 2.24) is 4.98 Å². The summed E-state index contributed by atoms with van der Waals surface area (Å²) in [6.45, 7) is 0. The number of rotatable bonds is 2. The number of methoxy groups -OCH3 is 1. The molecule has 0 aliphatic carbocycles. The van der Waals surface area contributed by atoms with Crippen molar-refractivity contribution in [3.8, 4) is 17.7 Å². The van der Waals surface area contributed by atoms with Crippen molar-refractivity contribution in [1.29, 1.82) is 5.26 Å². The maximum atomic E-state index is 11.9. The van der Waals surface area contributed by atoms with Crippen LogP contribution in [0.15, 0.2) is 12.1 Å². The number of pyridine rings is 1. The van der Waals surface area contributed by atoms with E-state index in [4.69, 9.17) is 5.26 Å². The molecule has 0 N–H and O–H groups in total. The number of hydrogen-bond acceptors (Lipinski definition) is 4. The number of hydrogen-bond donors (Lipinski definition) is 0. The minimum absolute atomic E-state index is 0.0543. The largest absolute Gasteiger partial charge is 0.573 e. The van der Waals surface area contributed by atoms with E-state index in [1.54, 1.807) is 6.07 Å². The average Bonchev–Trinajstić information content (AvgIpc) is 2.16. The average molecular weight is 218 g/mol. The van der Waals surface area contributed by atoms with Crippen LogP contribution in [-0.2, 0) is 0 Å². The third-order valence-corrected chi connectivity index (χ3v) is 1.36. The van der Waals surface area contributed by atoms with Gasteiger partial charge in [0.25, 0.3) is 5.88 Å². The quantitative estimate of drug-likeness (QED) is 0.760. The van der Waals surface area contributed by atoms with E-state index in [0.717, 1.165) is 19.2 Å². The summed E-state index contributed by atoms with van der Waals surface area (Å²) < 4.78 is 43.8. The molecular weight excluding hydrogens is 213 g/mol. The molecule has 1 aromatic heterocycles. The second-order valence-corrected chi connectivity index (χ2v) is 2.36. The molecule has 0 amide bonds. The highest BCUT2D eigenvalue weighted by Crippen LogP contribution is 2.30. The molecule has 0 radical (unpaired) electrons. The van der Waals surface area contributed by atoms with E-state index in [2.05, 4.69) is 14.5 Å². The van der Waals surface area contributed by atoms with Crippen LogP contribution in [0.1, 0.15) is 5.69 Å². The molecule has 0 bridgehead atoms. The molecule has 0 aliphatic rings. The first-order valence-electron chi connectivity index (χ1n) is 3.67. The molecule has 0 aromatic carbocycles. The molecule has 4 nitrogen and oxygen atoms in total. The first-order chi connectivity index (χ1) is 6.96. The summed E-state index contributed by atoms with van der Waals surface area (Å²) >= 11 is 0. The summed E-state index contributed by atoms with van der Waals surface area (Å²) in [5, 5.41) is 8.45. The van der Waals surface area contributed by atoms with Gasteiger partial charge in [-0.1, -0.05) is 0 Å². The van der Waals surface area contributed by atoms with E-state index in [1.165, 1.54) is 0 Å². The number of nitrogens with zero attached hydrogens (tertiary/aromatic N) is 2. The maximum absolute atomic E-state index is 11.9. The number of aromatic nitrogens is 1. The van der Waals surface area contributed by atoms with E-state index in [-0.39, 0.29) is 11.6 Å². The molecule has 1 heterocycles. The Morgan fingerprint density at radius 2 is 2.07 bits per heavy atom. The van der Waals surface area contributed by atoms with Crippen molar-refractivity contribution in [2.45, 2.75) is 6.36 Å². The van der Waals surface area contributed by atoms with Crippen molar-refractivity contribution in [3.63, 3.8) is 0 Å². The molecule has 0 fully saturated rings. The van der Waals surface area contributed by atoms with Crippen molar-refractivity contribution in [2.24, 2.45) is 0 Å². The van der Waals surface area contributed by atoms with Crippen molar-refractivity contribution in [3.05, 3.63) is 17.8 Å². The number of ether oxygens (including phenoxy) is 2. The molecule has 1 rings (SSSR count). The van der Waals surface area contributed by atoms with Crippen LogP contribution in [0, 0.1) is 11.3 Å². The van der Waals surface area contributed by atoms with Crippen LogP contribution in [0.3, 0.4) is 0 Å². The standard InChI is InChI=1S/C8H5F3N2O2/c1-14-7-6(15-8(9,10)11)3-2-5(4-12)13-7/h2-3H,1H3. The van der Waals surface area contributed by atoms with Gasteiger partial charge in [0.1, 0.15) is 11.8 Å². The monoisotopic (exact) mass is 218 g/mol. The van der Waals surface area contributed by atoms with E-state index in [0.29, 0.717) is 0 Å². The molecule has 15 heavy (non-hydrogen) atoms. The van der Waals surface area contributed by atoms with Crippen LogP contribution < -0.4 is 9.47 Å². The Hall–Kier alpha value is -1.97. The van der Waals surface area contributed by atoms with Gasteiger partial charge >= 0.3 is 6.36 Å². The Balaban J connectivity index is 3.04. The van der Waals surface area contributed by atoms with Gasteiger partial charge in [0.2, 0.25) is 0 Å². The lowest BCUT2D eigenvalue weighted by molar-refractivity contribution is -0.275. The van der Waals surface area contributed by atoms with E-state index in [1.807, 2.05) is 0 Å². The molecule has 1 aromatic rings. The summed E-state index contributed by atoms with van der Waals surface area (Å²) in [6.07, 6.45) is -4.82. The van der Waals surface area contributed by atoms with E-state index < -0.39 is 12.1 Å². The number of nitriles is 1. The Kier molecular flexibility index (Phi) is 2.99. The SMILES string of the molecule is COc1nc(C#N)ccc1OC(F)(F)F. The molecule has 80 valence electrons. The molecular formula is C8H5F3N2O2. The Bertz CT molecular complexity index is 398. The van der Waals surface area contributed by atoms with Crippen LogP contribution in [0.25, 0.3) is 0 Å². The minimum atomic E-state index is -4.82. The summed E-state index contributed by atoms with van der Waals surface area (Å²) in [5.74, 6) is -0.963. The summed E-state index contributed by atoms with van der Waals surface area (Å²) in [7, 11) is 1.13. The zero-order valence-corrected chi connectivity index (χ0v) is 7.50.